The van der Waals surface area contributed by atoms with Gasteiger partial charge in [-0.1, -0.05) is 34.6 Å². The zero-order valence-corrected chi connectivity index (χ0v) is 12.6. The number of nitrogens with one attached hydrogen (secondary N) is 1. The molecule has 3 heteroatoms. The van der Waals surface area contributed by atoms with Crippen molar-refractivity contribution in [1.29, 1.82) is 0 Å². The molecule has 3 nitrogen and oxygen atoms in total. The summed E-state index contributed by atoms with van der Waals surface area (Å²) < 4.78 is 0. The van der Waals surface area contributed by atoms with E-state index in [-0.39, 0.29) is 16.9 Å². The van der Waals surface area contributed by atoms with Gasteiger partial charge in [0.1, 0.15) is 0 Å². The van der Waals surface area contributed by atoms with Crippen LogP contribution in [-0.4, -0.2) is 17.5 Å². The first-order valence-corrected chi connectivity index (χ1v) is 6.50. The lowest BCUT2D eigenvalue weighted by atomic mass is 9.81. The van der Waals surface area contributed by atoms with Gasteiger partial charge in [-0.2, -0.15) is 0 Å². The predicted octanol–water partition coefficient (Wildman–Crippen LogP) is 2.69. The molecule has 102 valence electrons. The van der Waals surface area contributed by atoms with Gasteiger partial charge in [0.2, 0.25) is 5.91 Å². The maximum absolute atomic E-state index is 11.9. The molecule has 0 fully saturated rings. The molecule has 0 heterocycles. The van der Waals surface area contributed by atoms with Crippen molar-refractivity contribution in [3.63, 3.8) is 0 Å². The molecule has 0 aromatic heterocycles. The molecule has 1 amide bonds. The normalized spacial score (nSPS) is 14.9. The summed E-state index contributed by atoms with van der Waals surface area (Å²) in [6, 6.07) is -0.394. The lowest BCUT2D eigenvalue weighted by molar-refractivity contribution is -0.124. The molecular weight excluding hydrogens is 212 g/mol. The zero-order chi connectivity index (χ0) is 13.9. The van der Waals surface area contributed by atoms with Gasteiger partial charge in [0.25, 0.3) is 0 Å². The molecule has 3 N–H and O–H groups in total. The van der Waals surface area contributed by atoms with Crippen LogP contribution < -0.4 is 11.1 Å². The molecule has 0 aromatic rings. The number of carbonyl (C=O) groups is 1. The molecule has 1 unspecified atom stereocenters. The molecule has 0 rings (SSSR count). The topological polar surface area (TPSA) is 55.1 Å². The van der Waals surface area contributed by atoms with E-state index in [1.807, 2.05) is 0 Å². The molecule has 0 aliphatic heterocycles. The summed E-state index contributed by atoms with van der Waals surface area (Å²) in [7, 11) is 0. The lowest BCUT2D eigenvalue weighted by Crippen LogP contribution is -2.52. The fourth-order valence-electron chi connectivity index (χ4n) is 2.41. The van der Waals surface area contributed by atoms with E-state index in [9.17, 15) is 4.79 Å². The maximum Gasteiger partial charge on any atom is 0.237 e. The van der Waals surface area contributed by atoms with Gasteiger partial charge in [-0.25, -0.2) is 0 Å². The van der Waals surface area contributed by atoms with Gasteiger partial charge in [-0.05, 0) is 38.0 Å². The van der Waals surface area contributed by atoms with Crippen LogP contribution >= 0.6 is 0 Å². The second kappa shape index (κ2) is 5.85. The Bertz CT molecular complexity index is 251. The van der Waals surface area contributed by atoms with Crippen molar-refractivity contribution >= 4 is 5.91 Å². The monoisotopic (exact) mass is 242 g/mol. The van der Waals surface area contributed by atoms with Gasteiger partial charge < -0.3 is 11.1 Å². The highest BCUT2D eigenvalue weighted by molar-refractivity contribution is 5.82. The molecule has 0 aliphatic rings. The minimum absolute atomic E-state index is 0.0343. The van der Waals surface area contributed by atoms with E-state index < -0.39 is 6.04 Å². The summed E-state index contributed by atoms with van der Waals surface area (Å²) in [4.78, 5) is 11.9. The average Bonchev–Trinajstić information content (AvgIpc) is 1.95. The van der Waals surface area contributed by atoms with Crippen LogP contribution in [0.15, 0.2) is 0 Å². The average molecular weight is 242 g/mol. The quantitative estimate of drug-likeness (QED) is 0.779. The molecule has 0 saturated heterocycles. The summed E-state index contributed by atoms with van der Waals surface area (Å²) in [6.07, 6.45) is 1.66. The third-order valence-corrected chi connectivity index (χ3v) is 2.50. The van der Waals surface area contributed by atoms with Crippen molar-refractivity contribution < 1.29 is 4.79 Å². The highest BCUT2D eigenvalue weighted by atomic mass is 16.2. The number of hydrogen-bond acceptors (Lipinski definition) is 2. The second-order valence-electron chi connectivity index (χ2n) is 7.35. The molecule has 0 aromatic carbocycles. The van der Waals surface area contributed by atoms with Gasteiger partial charge >= 0.3 is 0 Å². The van der Waals surface area contributed by atoms with Crippen LogP contribution in [0.5, 0.6) is 0 Å². The van der Waals surface area contributed by atoms with Crippen molar-refractivity contribution in [1.82, 2.24) is 5.32 Å². The minimum atomic E-state index is -0.394. The number of amides is 1. The lowest BCUT2D eigenvalue weighted by Gasteiger charge is -2.34. The van der Waals surface area contributed by atoms with Crippen LogP contribution in [-0.2, 0) is 4.79 Å². The highest BCUT2D eigenvalue weighted by Crippen LogP contribution is 2.26. The second-order valence-corrected chi connectivity index (χ2v) is 7.35. The molecular formula is C14H30N2O. The van der Waals surface area contributed by atoms with Crippen molar-refractivity contribution in [3.8, 4) is 0 Å². The molecule has 0 aliphatic carbocycles. The van der Waals surface area contributed by atoms with Crippen LogP contribution in [0, 0.1) is 11.3 Å². The summed E-state index contributed by atoms with van der Waals surface area (Å²) in [5.74, 6) is 0.412. The van der Waals surface area contributed by atoms with Gasteiger partial charge in [0.05, 0.1) is 6.04 Å². The fourth-order valence-corrected chi connectivity index (χ4v) is 2.41. The summed E-state index contributed by atoms with van der Waals surface area (Å²) >= 11 is 0. The number of nitrogens with two attached hydrogens (primary N) is 1. The van der Waals surface area contributed by atoms with Gasteiger partial charge in [0.15, 0.2) is 0 Å². The summed E-state index contributed by atoms with van der Waals surface area (Å²) in [5.41, 5.74) is 5.87. The van der Waals surface area contributed by atoms with Crippen molar-refractivity contribution in [2.24, 2.45) is 17.1 Å². The molecule has 0 saturated carbocycles. The van der Waals surface area contributed by atoms with E-state index in [2.05, 4.69) is 53.8 Å². The van der Waals surface area contributed by atoms with Crippen molar-refractivity contribution in [2.75, 3.05) is 0 Å². The van der Waals surface area contributed by atoms with Crippen molar-refractivity contribution in [2.45, 2.75) is 72.9 Å². The van der Waals surface area contributed by atoms with Gasteiger partial charge in [-0.15, -0.1) is 0 Å². The fraction of sp³-hybridized carbons (Fsp3) is 0.929. The molecule has 17 heavy (non-hydrogen) atoms. The Morgan fingerprint density at radius 3 is 2.00 bits per heavy atom. The van der Waals surface area contributed by atoms with Gasteiger partial charge in [-0.3, -0.25) is 4.79 Å². The number of carbonyl (C=O) groups excluding carboxylic acids is 1. The Kier molecular flexibility index (Phi) is 5.66. The third kappa shape index (κ3) is 8.19. The first-order valence-electron chi connectivity index (χ1n) is 6.50. The molecule has 1 atom stereocenters. The van der Waals surface area contributed by atoms with Crippen LogP contribution in [0.4, 0.5) is 0 Å². The molecule has 0 radical (unpaired) electrons. The van der Waals surface area contributed by atoms with Crippen molar-refractivity contribution in [3.05, 3.63) is 0 Å². The maximum atomic E-state index is 11.9. The smallest absolute Gasteiger partial charge is 0.237 e. The molecule has 0 spiro atoms. The Morgan fingerprint density at radius 2 is 1.65 bits per heavy atom. The zero-order valence-electron chi connectivity index (χ0n) is 12.6. The molecule has 0 bridgehead atoms. The Balaban J connectivity index is 4.36. The summed E-state index contributed by atoms with van der Waals surface area (Å²) in [6.45, 7) is 14.8. The Labute approximate surface area is 107 Å². The number of hydrogen-bond donors (Lipinski definition) is 2. The predicted molar refractivity (Wildman–Crippen MR) is 73.7 cm³/mol. The summed E-state index contributed by atoms with van der Waals surface area (Å²) in [5, 5.41) is 3.05. The SMILES string of the molecule is CC(C)CC(N)C(=O)NC(C)(C)CC(C)(C)C. The van der Waals surface area contributed by atoms with E-state index in [0.29, 0.717) is 5.92 Å². The Morgan fingerprint density at radius 1 is 1.18 bits per heavy atom. The highest BCUT2D eigenvalue weighted by Gasteiger charge is 2.28. The van der Waals surface area contributed by atoms with Crippen LogP contribution in [0.2, 0.25) is 0 Å². The van der Waals surface area contributed by atoms with Crippen LogP contribution in [0.3, 0.4) is 0 Å². The van der Waals surface area contributed by atoms with E-state index in [0.717, 1.165) is 12.8 Å². The van der Waals surface area contributed by atoms with E-state index in [1.165, 1.54) is 0 Å². The third-order valence-electron chi connectivity index (χ3n) is 2.50. The first-order chi connectivity index (χ1) is 7.43. The van der Waals surface area contributed by atoms with Crippen LogP contribution in [0.1, 0.15) is 61.3 Å². The standard InChI is InChI=1S/C14H30N2O/c1-10(2)8-11(15)12(17)16-14(6,7)9-13(3,4)5/h10-11H,8-9,15H2,1-7H3,(H,16,17). The minimum Gasteiger partial charge on any atom is -0.350 e. The largest absolute Gasteiger partial charge is 0.350 e. The first kappa shape index (κ1) is 16.4. The number of rotatable bonds is 5. The van der Waals surface area contributed by atoms with E-state index in [4.69, 9.17) is 5.73 Å². The Hall–Kier alpha value is -0.570. The van der Waals surface area contributed by atoms with E-state index in [1.54, 1.807) is 0 Å². The van der Waals surface area contributed by atoms with Crippen LogP contribution in [0.25, 0.3) is 0 Å². The van der Waals surface area contributed by atoms with Gasteiger partial charge in [0, 0.05) is 5.54 Å². The van der Waals surface area contributed by atoms with E-state index >= 15 is 0 Å².